The van der Waals surface area contributed by atoms with E-state index in [1.54, 1.807) is 55.8 Å². The van der Waals surface area contributed by atoms with Crippen LogP contribution >= 0.6 is 15.9 Å². The molecular weight excluding hydrogens is 460 g/mol. The van der Waals surface area contributed by atoms with Gasteiger partial charge in [-0.15, -0.1) is 0 Å². The van der Waals surface area contributed by atoms with E-state index in [4.69, 9.17) is 14.2 Å². The molecule has 0 atom stereocenters. The van der Waals surface area contributed by atoms with Gasteiger partial charge in [0, 0.05) is 16.1 Å². The smallest absolute Gasteiger partial charge is 0.172 e. The molecule has 3 aromatic carbocycles. The molecule has 0 saturated carbocycles. The summed E-state index contributed by atoms with van der Waals surface area (Å²) in [5, 5.41) is 10.6. The number of halogens is 1. The molecular formula is C24H19BrN2O4. The minimum absolute atomic E-state index is 0.0339. The predicted octanol–water partition coefficient (Wildman–Crippen LogP) is 5.99. The van der Waals surface area contributed by atoms with Gasteiger partial charge in [0.2, 0.25) is 0 Å². The molecule has 0 amide bonds. The van der Waals surface area contributed by atoms with Crippen LogP contribution in [0.4, 0.5) is 0 Å². The highest BCUT2D eigenvalue weighted by atomic mass is 79.9. The molecule has 1 aromatic heterocycles. The summed E-state index contributed by atoms with van der Waals surface area (Å²) in [7, 11) is 1.61. The van der Waals surface area contributed by atoms with Crippen molar-refractivity contribution < 1.29 is 19.3 Å². The van der Waals surface area contributed by atoms with E-state index in [1.807, 2.05) is 24.3 Å². The highest BCUT2D eigenvalue weighted by Gasteiger charge is 2.14. The van der Waals surface area contributed by atoms with Gasteiger partial charge in [-0.2, -0.15) is 0 Å². The molecule has 0 bridgehead atoms. The molecule has 31 heavy (non-hydrogen) atoms. The summed E-state index contributed by atoms with van der Waals surface area (Å²) >= 11 is 3.41. The van der Waals surface area contributed by atoms with Gasteiger partial charge in [-0.25, -0.2) is 9.97 Å². The Hall–Kier alpha value is -3.58. The normalized spacial score (nSPS) is 10.5. The third-order valence-corrected chi connectivity index (χ3v) is 5.04. The van der Waals surface area contributed by atoms with E-state index >= 15 is 0 Å². The minimum Gasteiger partial charge on any atom is -0.507 e. The van der Waals surface area contributed by atoms with Gasteiger partial charge in [0.25, 0.3) is 0 Å². The van der Waals surface area contributed by atoms with Crippen LogP contribution in [0.1, 0.15) is 5.56 Å². The van der Waals surface area contributed by atoms with Crippen molar-refractivity contribution in [2.45, 2.75) is 6.61 Å². The SMILES string of the molecule is COc1ccc(Oc2cncnc2-c2ccc(OCc3ccc(Br)cc3)cc2O)cc1. The van der Waals surface area contributed by atoms with Crippen LogP contribution < -0.4 is 14.2 Å². The second-order valence-electron chi connectivity index (χ2n) is 6.61. The summed E-state index contributed by atoms with van der Waals surface area (Å²) in [6.07, 6.45) is 2.97. The van der Waals surface area contributed by atoms with Gasteiger partial charge < -0.3 is 19.3 Å². The number of hydrogen-bond donors (Lipinski definition) is 1. The zero-order valence-electron chi connectivity index (χ0n) is 16.7. The fraction of sp³-hybridized carbons (Fsp3) is 0.0833. The number of rotatable bonds is 7. The van der Waals surface area contributed by atoms with Crippen LogP contribution in [0.5, 0.6) is 28.7 Å². The van der Waals surface area contributed by atoms with E-state index in [1.165, 1.54) is 6.33 Å². The second-order valence-corrected chi connectivity index (χ2v) is 7.52. The quantitative estimate of drug-likeness (QED) is 0.351. The third kappa shape index (κ3) is 5.13. The Morgan fingerprint density at radius 1 is 0.903 bits per heavy atom. The van der Waals surface area contributed by atoms with Crippen LogP contribution in [-0.4, -0.2) is 22.2 Å². The molecule has 0 spiro atoms. The van der Waals surface area contributed by atoms with Gasteiger partial charge in [0.05, 0.1) is 13.3 Å². The van der Waals surface area contributed by atoms with Crippen LogP contribution in [0.25, 0.3) is 11.3 Å². The first-order chi connectivity index (χ1) is 15.1. The zero-order chi connectivity index (χ0) is 21.6. The molecule has 6 nitrogen and oxygen atoms in total. The third-order valence-electron chi connectivity index (χ3n) is 4.51. The Labute approximate surface area is 188 Å². The summed E-state index contributed by atoms with van der Waals surface area (Å²) in [5.41, 5.74) is 2.02. The number of ether oxygens (including phenoxy) is 3. The van der Waals surface area contributed by atoms with Gasteiger partial charge in [-0.3, -0.25) is 0 Å². The molecule has 0 radical (unpaired) electrons. The van der Waals surface area contributed by atoms with E-state index in [0.717, 1.165) is 15.8 Å². The first kappa shape index (κ1) is 20.7. The molecule has 156 valence electrons. The highest BCUT2D eigenvalue weighted by Crippen LogP contribution is 2.37. The van der Waals surface area contributed by atoms with Crippen molar-refractivity contribution in [2.75, 3.05) is 7.11 Å². The lowest BCUT2D eigenvalue weighted by Crippen LogP contribution is -1.96. The van der Waals surface area contributed by atoms with Gasteiger partial charge in [-0.1, -0.05) is 28.1 Å². The number of phenols is 1. The Kier molecular flexibility index (Phi) is 6.33. The van der Waals surface area contributed by atoms with Crippen LogP contribution in [-0.2, 0) is 6.61 Å². The number of aromatic nitrogens is 2. The van der Waals surface area contributed by atoms with Crippen molar-refractivity contribution in [1.82, 2.24) is 9.97 Å². The molecule has 4 aromatic rings. The lowest BCUT2D eigenvalue weighted by molar-refractivity contribution is 0.304. The molecule has 0 fully saturated rings. The molecule has 0 saturated heterocycles. The van der Waals surface area contributed by atoms with Crippen LogP contribution in [0.3, 0.4) is 0 Å². The lowest BCUT2D eigenvalue weighted by atomic mass is 10.1. The summed E-state index contributed by atoms with van der Waals surface area (Å²) in [4.78, 5) is 8.35. The van der Waals surface area contributed by atoms with Gasteiger partial charge in [0.1, 0.15) is 41.6 Å². The molecule has 4 rings (SSSR count). The number of aromatic hydroxyl groups is 1. The maximum Gasteiger partial charge on any atom is 0.172 e. The van der Waals surface area contributed by atoms with Gasteiger partial charge in [-0.05, 0) is 54.1 Å². The van der Waals surface area contributed by atoms with E-state index in [-0.39, 0.29) is 5.75 Å². The molecule has 0 aliphatic rings. The zero-order valence-corrected chi connectivity index (χ0v) is 18.2. The highest BCUT2D eigenvalue weighted by molar-refractivity contribution is 9.10. The van der Waals surface area contributed by atoms with Crippen molar-refractivity contribution in [1.29, 1.82) is 0 Å². The molecule has 0 unspecified atom stereocenters. The fourth-order valence-electron chi connectivity index (χ4n) is 2.91. The number of nitrogens with zero attached hydrogens (tertiary/aromatic N) is 2. The van der Waals surface area contributed by atoms with E-state index < -0.39 is 0 Å². The number of phenolic OH excluding ortho intramolecular Hbond substituents is 1. The monoisotopic (exact) mass is 478 g/mol. The summed E-state index contributed by atoms with van der Waals surface area (Å²) in [6, 6.07) is 20.1. The molecule has 0 aliphatic carbocycles. The minimum atomic E-state index is 0.0339. The Bertz CT molecular complexity index is 1170. The maximum absolute atomic E-state index is 10.6. The summed E-state index contributed by atoms with van der Waals surface area (Å²) < 4.78 is 17.9. The van der Waals surface area contributed by atoms with Crippen LogP contribution in [0.15, 0.2) is 83.7 Å². The van der Waals surface area contributed by atoms with Crippen molar-refractivity contribution in [3.05, 3.63) is 89.3 Å². The molecule has 7 heteroatoms. The van der Waals surface area contributed by atoms with Crippen LogP contribution in [0.2, 0.25) is 0 Å². The van der Waals surface area contributed by atoms with Gasteiger partial charge >= 0.3 is 0 Å². The van der Waals surface area contributed by atoms with E-state index in [0.29, 0.717) is 35.1 Å². The van der Waals surface area contributed by atoms with Crippen molar-refractivity contribution in [3.8, 4) is 40.0 Å². The number of benzene rings is 3. The Morgan fingerprint density at radius 3 is 2.32 bits per heavy atom. The Morgan fingerprint density at radius 2 is 1.61 bits per heavy atom. The molecule has 0 aliphatic heterocycles. The lowest BCUT2D eigenvalue weighted by Gasteiger charge is -2.13. The van der Waals surface area contributed by atoms with Crippen molar-refractivity contribution in [3.63, 3.8) is 0 Å². The van der Waals surface area contributed by atoms with Gasteiger partial charge in [0.15, 0.2) is 5.75 Å². The fourth-order valence-corrected chi connectivity index (χ4v) is 3.18. The number of methoxy groups -OCH3 is 1. The summed E-state index contributed by atoms with van der Waals surface area (Å²) in [6.45, 7) is 0.394. The first-order valence-corrected chi connectivity index (χ1v) is 10.2. The standard InChI is InChI=1S/C24H19BrN2O4/c1-29-18-6-8-19(9-7-18)31-23-13-26-15-27-24(23)21-11-10-20(12-22(21)28)30-14-16-2-4-17(25)5-3-16/h2-13,15,28H,14H2,1H3. The predicted molar refractivity (Wildman–Crippen MR) is 121 cm³/mol. The van der Waals surface area contributed by atoms with Crippen molar-refractivity contribution >= 4 is 15.9 Å². The Balaban J connectivity index is 1.53. The average Bonchev–Trinajstić information content (AvgIpc) is 2.80. The topological polar surface area (TPSA) is 73.7 Å². The van der Waals surface area contributed by atoms with Crippen LogP contribution in [0, 0.1) is 0 Å². The number of hydrogen-bond acceptors (Lipinski definition) is 6. The average molecular weight is 479 g/mol. The largest absolute Gasteiger partial charge is 0.507 e. The molecule has 1 N–H and O–H groups in total. The summed E-state index contributed by atoms with van der Waals surface area (Å²) in [5.74, 6) is 2.34. The first-order valence-electron chi connectivity index (χ1n) is 9.45. The molecule has 1 heterocycles. The maximum atomic E-state index is 10.6. The van der Waals surface area contributed by atoms with Crippen molar-refractivity contribution in [2.24, 2.45) is 0 Å². The van der Waals surface area contributed by atoms with E-state index in [2.05, 4.69) is 25.9 Å². The second kappa shape index (κ2) is 9.49. The van der Waals surface area contributed by atoms with E-state index in [9.17, 15) is 5.11 Å².